The molecule has 6 heteroatoms. The number of carbonyl (C=O) groups is 1. The fourth-order valence-corrected chi connectivity index (χ4v) is 3.77. The number of carbonyl (C=O) groups excluding carboxylic acids is 1. The fourth-order valence-electron chi connectivity index (χ4n) is 3.77. The van der Waals surface area contributed by atoms with Gasteiger partial charge >= 0.3 is 0 Å². The zero-order valence-electron chi connectivity index (χ0n) is 14.8. The highest BCUT2D eigenvalue weighted by Crippen LogP contribution is 2.25. The predicted octanol–water partition coefficient (Wildman–Crippen LogP) is 1.88. The second-order valence-electron chi connectivity index (χ2n) is 6.87. The number of amides is 1. The minimum atomic E-state index is -0.394. The van der Waals surface area contributed by atoms with Crippen LogP contribution in [0.5, 0.6) is 5.75 Å². The molecule has 0 spiro atoms. The average molecular weight is 352 g/mol. The summed E-state index contributed by atoms with van der Waals surface area (Å²) in [4.78, 5) is 18.2. The summed E-state index contributed by atoms with van der Waals surface area (Å²) < 4.78 is 5.94. The van der Waals surface area contributed by atoms with Crippen molar-refractivity contribution in [1.29, 1.82) is 5.26 Å². The number of nitrogens with one attached hydrogen (secondary N) is 1. The van der Waals surface area contributed by atoms with Crippen LogP contribution >= 0.6 is 0 Å². The van der Waals surface area contributed by atoms with E-state index in [4.69, 9.17) is 11.2 Å². The Morgan fingerprint density at radius 2 is 2.08 bits per heavy atom. The first-order valence-corrected chi connectivity index (χ1v) is 9.18. The van der Waals surface area contributed by atoms with E-state index in [1.807, 2.05) is 12.1 Å². The van der Waals surface area contributed by atoms with Gasteiger partial charge in [-0.2, -0.15) is 5.26 Å². The molecule has 26 heavy (non-hydrogen) atoms. The average Bonchev–Trinajstić information content (AvgIpc) is 3.11. The van der Waals surface area contributed by atoms with Gasteiger partial charge in [0.05, 0.1) is 31.0 Å². The molecular weight excluding hydrogens is 328 g/mol. The zero-order valence-corrected chi connectivity index (χ0v) is 14.8. The number of aromatic nitrogens is 1. The Hall–Kier alpha value is -2.57. The Bertz CT molecular complexity index is 664. The quantitative estimate of drug-likeness (QED) is 0.819. The molecule has 136 valence electrons. The molecule has 0 aromatic carbocycles. The third-order valence-corrected chi connectivity index (χ3v) is 5.17. The second-order valence-corrected chi connectivity index (χ2v) is 6.87. The van der Waals surface area contributed by atoms with Gasteiger partial charge in [0, 0.05) is 12.2 Å². The number of pyridine rings is 1. The molecule has 1 saturated carbocycles. The van der Waals surface area contributed by atoms with Crippen molar-refractivity contribution < 1.29 is 9.53 Å². The summed E-state index contributed by atoms with van der Waals surface area (Å²) in [6.45, 7) is 0.231. The molecular formula is C20H24N4O2. The maximum Gasteiger partial charge on any atom is 0.238 e. The Balaban J connectivity index is 1.43. The first kappa shape index (κ1) is 18.2. The maximum absolute atomic E-state index is 12.5. The van der Waals surface area contributed by atoms with Crippen LogP contribution in [-0.4, -0.2) is 46.6 Å². The van der Waals surface area contributed by atoms with Crippen LogP contribution in [0.2, 0.25) is 0 Å². The minimum Gasteiger partial charge on any atom is -0.489 e. The summed E-state index contributed by atoms with van der Waals surface area (Å²) in [5.41, 5.74) is 0. The van der Waals surface area contributed by atoms with E-state index in [-0.39, 0.29) is 24.6 Å². The van der Waals surface area contributed by atoms with E-state index in [1.54, 1.807) is 17.3 Å². The standard InChI is InChI=1S/C20H24N4O2/c1-2-16-7-8-17(12-21)24(16)20(25)14-23-15-5-9-18(10-6-15)26-19-4-3-11-22-13-19/h1,3-4,11,13,15-18,23H,5-10,14H2/t15?,16-,17+,18?/m1/s1. The van der Waals surface area contributed by atoms with Gasteiger partial charge in [0.1, 0.15) is 11.8 Å². The number of hydrogen-bond donors (Lipinski definition) is 1. The summed E-state index contributed by atoms with van der Waals surface area (Å²) in [6.07, 6.45) is 14.3. The Morgan fingerprint density at radius 1 is 1.31 bits per heavy atom. The highest BCUT2D eigenvalue weighted by Gasteiger charge is 2.36. The van der Waals surface area contributed by atoms with Gasteiger partial charge in [0.25, 0.3) is 0 Å². The van der Waals surface area contributed by atoms with Crippen molar-refractivity contribution in [1.82, 2.24) is 15.2 Å². The first-order valence-electron chi connectivity index (χ1n) is 9.18. The van der Waals surface area contributed by atoms with Gasteiger partial charge in [-0.15, -0.1) is 6.42 Å². The molecule has 6 nitrogen and oxygen atoms in total. The number of nitriles is 1. The largest absolute Gasteiger partial charge is 0.489 e. The highest BCUT2D eigenvalue weighted by atomic mass is 16.5. The van der Waals surface area contributed by atoms with Gasteiger partial charge in [0.2, 0.25) is 5.91 Å². The minimum absolute atomic E-state index is 0.0780. The zero-order chi connectivity index (χ0) is 18.4. The summed E-state index contributed by atoms with van der Waals surface area (Å²) in [7, 11) is 0. The normalized spacial score (nSPS) is 28.2. The summed E-state index contributed by atoms with van der Waals surface area (Å²) >= 11 is 0. The summed E-state index contributed by atoms with van der Waals surface area (Å²) in [5.74, 6) is 3.35. The van der Waals surface area contributed by atoms with Crippen LogP contribution in [0.25, 0.3) is 0 Å². The van der Waals surface area contributed by atoms with Gasteiger partial charge in [0.15, 0.2) is 0 Å². The SMILES string of the molecule is C#C[C@@H]1CC[C@@H](C#N)N1C(=O)CNC1CCC(Oc2cccnc2)CC1. The van der Waals surface area contributed by atoms with Gasteiger partial charge < -0.3 is 15.0 Å². The Kier molecular flexibility index (Phi) is 6.09. The molecule has 2 heterocycles. The number of terminal acetylenes is 1. The lowest BCUT2D eigenvalue weighted by Gasteiger charge is -2.30. The van der Waals surface area contributed by atoms with Gasteiger partial charge in [-0.1, -0.05) is 5.92 Å². The Morgan fingerprint density at radius 3 is 2.73 bits per heavy atom. The van der Waals surface area contributed by atoms with Crippen molar-refractivity contribution in [2.24, 2.45) is 0 Å². The van der Waals surface area contributed by atoms with Crippen LogP contribution in [0.4, 0.5) is 0 Å². The lowest BCUT2D eigenvalue weighted by Crippen LogP contribution is -2.47. The third-order valence-electron chi connectivity index (χ3n) is 5.17. The molecule has 0 unspecified atom stereocenters. The summed E-state index contributed by atoms with van der Waals surface area (Å²) in [5, 5.41) is 12.5. The lowest BCUT2D eigenvalue weighted by molar-refractivity contribution is -0.131. The molecule has 1 aliphatic carbocycles. The van der Waals surface area contributed by atoms with Gasteiger partial charge in [-0.25, -0.2) is 0 Å². The van der Waals surface area contributed by atoms with Crippen molar-refractivity contribution in [3.05, 3.63) is 24.5 Å². The van der Waals surface area contributed by atoms with E-state index < -0.39 is 6.04 Å². The van der Waals surface area contributed by atoms with Crippen molar-refractivity contribution in [2.75, 3.05) is 6.54 Å². The van der Waals surface area contributed by atoms with E-state index >= 15 is 0 Å². The molecule has 1 aliphatic heterocycles. The molecule has 1 amide bonds. The van der Waals surface area contributed by atoms with Crippen molar-refractivity contribution >= 4 is 5.91 Å². The maximum atomic E-state index is 12.5. The molecule has 2 aliphatic rings. The molecule has 1 saturated heterocycles. The fraction of sp³-hybridized carbons (Fsp3) is 0.550. The van der Waals surface area contributed by atoms with E-state index in [0.29, 0.717) is 18.9 Å². The number of likely N-dealkylation sites (tertiary alicyclic amines) is 1. The van der Waals surface area contributed by atoms with Crippen LogP contribution in [-0.2, 0) is 4.79 Å². The Labute approximate surface area is 154 Å². The van der Waals surface area contributed by atoms with Crippen LogP contribution in [0, 0.1) is 23.7 Å². The van der Waals surface area contributed by atoms with E-state index in [9.17, 15) is 10.1 Å². The van der Waals surface area contributed by atoms with Crippen LogP contribution in [0.3, 0.4) is 0 Å². The molecule has 2 atom stereocenters. The van der Waals surface area contributed by atoms with Crippen LogP contribution in [0.1, 0.15) is 38.5 Å². The van der Waals surface area contributed by atoms with E-state index in [0.717, 1.165) is 31.4 Å². The second kappa shape index (κ2) is 8.69. The van der Waals surface area contributed by atoms with Crippen LogP contribution in [0.15, 0.2) is 24.5 Å². The smallest absolute Gasteiger partial charge is 0.238 e. The number of ether oxygens (including phenoxy) is 1. The van der Waals surface area contributed by atoms with Crippen molar-refractivity contribution in [3.8, 4) is 24.2 Å². The topological polar surface area (TPSA) is 78.2 Å². The molecule has 1 N–H and O–H groups in total. The molecule has 0 bridgehead atoms. The molecule has 0 radical (unpaired) electrons. The van der Waals surface area contributed by atoms with Gasteiger partial charge in [-0.3, -0.25) is 9.78 Å². The summed E-state index contributed by atoms with van der Waals surface area (Å²) in [6, 6.07) is 5.61. The first-order chi connectivity index (χ1) is 12.7. The van der Waals surface area contributed by atoms with E-state index in [2.05, 4.69) is 22.3 Å². The highest BCUT2D eigenvalue weighted by molar-refractivity contribution is 5.80. The van der Waals surface area contributed by atoms with E-state index in [1.165, 1.54) is 0 Å². The molecule has 3 rings (SSSR count). The molecule has 1 aromatic rings. The van der Waals surface area contributed by atoms with Crippen molar-refractivity contribution in [3.63, 3.8) is 0 Å². The van der Waals surface area contributed by atoms with Gasteiger partial charge in [-0.05, 0) is 50.7 Å². The molecule has 2 fully saturated rings. The molecule has 1 aromatic heterocycles. The number of hydrogen-bond acceptors (Lipinski definition) is 5. The third kappa shape index (κ3) is 4.33. The predicted molar refractivity (Wildman–Crippen MR) is 97.0 cm³/mol. The number of rotatable bonds is 5. The lowest BCUT2D eigenvalue weighted by atomic mass is 9.93. The van der Waals surface area contributed by atoms with Crippen molar-refractivity contribution in [2.45, 2.75) is 62.8 Å². The number of nitrogens with zero attached hydrogens (tertiary/aromatic N) is 3. The van der Waals surface area contributed by atoms with Crippen LogP contribution < -0.4 is 10.1 Å². The monoisotopic (exact) mass is 352 g/mol.